The number of carboxylic acids is 1. The maximum absolute atomic E-state index is 10.9. The molecule has 8 nitrogen and oxygen atoms in total. The molecule has 0 aromatic heterocycles. The molecule has 3 N–H and O–H groups in total. The second kappa shape index (κ2) is 7.44. The van der Waals surface area contributed by atoms with Crippen LogP contribution in [0.5, 0.6) is 0 Å². The first-order valence-corrected chi connectivity index (χ1v) is 7.22. The van der Waals surface area contributed by atoms with E-state index in [-0.39, 0.29) is 25.2 Å². The monoisotopic (exact) mass is 304 g/mol. The van der Waals surface area contributed by atoms with E-state index in [0.717, 1.165) is 0 Å². The molecule has 0 aromatic carbocycles. The summed E-state index contributed by atoms with van der Waals surface area (Å²) in [5, 5.41) is 33.0. The van der Waals surface area contributed by atoms with Gasteiger partial charge >= 0.3 is 5.97 Å². The number of β-amino-alcohol motifs (C(OH)–C–C–N with tert-alkyl or cyclic N) is 1. The Balaban J connectivity index is 2.53. The molecule has 0 saturated heterocycles. The van der Waals surface area contributed by atoms with E-state index < -0.39 is 11.5 Å². The van der Waals surface area contributed by atoms with Crippen molar-refractivity contribution in [2.24, 2.45) is 11.2 Å². The summed E-state index contributed by atoms with van der Waals surface area (Å²) in [5.74, 6) is -1.08. The molecule has 0 aliphatic heterocycles. The second-order valence-electron chi connectivity index (χ2n) is 6.28. The summed E-state index contributed by atoms with van der Waals surface area (Å²) in [6.45, 7) is 5.73. The summed E-state index contributed by atoms with van der Waals surface area (Å²) in [7, 11) is 0. The summed E-state index contributed by atoms with van der Waals surface area (Å²) < 4.78 is 0. The molecule has 0 radical (unpaired) electrons. The Morgan fingerprint density at radius 1 is 1.33 bits per heavy atom. The van der Waals surface area contributed by atoms with Crippen molar-refractivity contribution in [3.05, 3.63) is 0 Å². The van der Waals surface area contributed by atoms with E-state index in [1.807, 2.05) is 20.8 Å². The molecule has 0 spiro atoms. The van der Waals surface area contributed by atoms with Crippen molar-refractivity contribution in [2.75, 3.05) is 13.2 Å². The number of aliphatic hydroxyl groups excluding tert-OH is 1. The van der Waals surface area contributed by atoms with Gasteiger partial charge in [0.25, 0.3) is 10.2 Å². The predicted octanol–water partition coefficient (Wildman–Crippen LogP) is 1.42. The lowest BCUT2D eigenvalue weighted by Crippen LogP contribution is -2.48. The maximum atomic E-state index is 10.9. The summed E-state index contributed by atoms with van der Waals surface area (Å²) in [5.41, 5.74) is -0.425. The zero-order valence-electron chi connectivity index (χ0n) is 12.9. The number of nitrogens with zero attached hydrogens (tertiary/aromatic N) is 3. The molecule has 8 heteroatoms. The zero-order chi connectivity index (χ0) is 16.0. The predicted molar refractivity (Wildman–Crippen MR) is 72.5 cm³/mol. The molecule has 0 amide bonds. The number of carboxylic acid groups (broad SMARTS) is 1. The lowest BCUT2D eigenvalue weighted by atomic mass is 9.88. The van der Waals surface area contributed by atoms with Crippen LogP contribution in [-0.2, 0) is 9.63 Å². The van der Waals surface area contributed by atoms with Crippen LogP contribution in [0.2, 0.25) is 0 Å². The van der Waals surface area contributed by atoms with Gasteiger partial charge in [0.15, 0.2) is 0 Å². The van der Waals surface area contributed by atoms with Gasteiger partial charge in [0, 0.05) is 0 Å². The van der Waals surface area contributed by atoms with E-state index in [2.05, 4.69) is 5.28 Å². The topological polar surface area (TPSA) is 106 Å². The Hall–Kier alpha value is -1.57. The van der Waals surface area contributed by atoms with Crippen molar-refractivity contribution in [1.29, 1.82) is 0 Å². The van der Waals surface area contributed by atoms with Gasteiger partial charge in [-0.05, 0) is 46.5 Å². The molecule has 0 aromatic rings. The van der Waals surface area contributed by atoms with Crippen LogP contribution < -0.4 is 0 Å². The van der Waals surface area contributed by atoms with Gasteiger partial charge in [-0.1, -0.05) is 0 Å². The van der Waals surface area contributed by atoms with Crippen molar-refractivity contribution in [1.82, 2.24) is 5.01 Å². The van der Waals surface area contributed by atoms with Gasteiger partial charge < -0.3 is 15.1 Å². The Morgan fingerprint density at radius 2 is 1.90 bits per heavy atom. The van der Waals surface area contributed by atoms with Crippen LogP contribution in [0.1, 0.15) is 46.5 Å². The van der Waals surface area contributed by atoms with Gasteiger partial charge in [-0.2, -0.15) is 0 Å². The van der Waals surface area contributed by atoms with E-state index in [4.69, 9.17) is 15.1 Å². The molecular weight excluding hydrogens is 278 g/mol. The Kier molecular flexibility index (Phi) is 6.19. The highest BCUT2D eigenvalue weighted by Gasteiger charge is 2.33. The molecule has 1 rings (SSSR count). The molecule has 0 bridgehead atoms. The smallest absolute Gasteiger partial charge is 0.306 e. The van der Waals surface area contributed by atoms with Crippen LogP contribution in [0.25, 0.3) is 0 Å². The van der Waals surface area contributed by atoms with Gasteiger partial charge in [0.2, 0.25) is 0 Å². The quantitative estimate of drug-likeness (QED) is 0.389. The summed E-state index contributed by atoms with van der Waals surface area (Å²) in [4.78, 5) is 16.7. The molecule has 21 heavy (non-hydrogen) atoms. The Morgan fingerprint density at radius 3 is 2.33 bits per heavy atom. The molecule has 1 fully saturated rings. The molecule has 1 aliphatic carbocycles. The fourth-order valence-corrected chi connectivity index (χ4v) is 2.36. The molecule has 1 aliphatic rings. The van der Waals surface area contributed by atoms with E-state index in [1.165, 1.54) is 5.01 Å². The molecular formula is C13H26N3O5+. The molecule has 0 heterocycles. The summed E-state index contributed by atoms with van der Waals surface area (Å²) >= 11 is 0. The van der Waals surface area contributed by atoms with Crippen molar-refractivity contribution < 1.29 is 30.0 Å². The van der Waals surface area contributed by atoms with Gasteiger partial charge in [0.1, 0.15) is 12.6 Å². The molecule has 122 valence electrons. The van der Waals surface area contributed by atoms with E-state index in [1.54, 1.807) is 0 Å². The standard InChI is InChI=1S/C13H25N3O5/c1-13(2,3)15(8-9-17)16(20)14-21-11-6-4-10(5-7-11)12(18)19/h10-11,17H,4-9H2,1-3H3,(H-,14,18,19,20)/p+1/t10-,11-. The zero-order valence-corrected chi connectivity index (χ0v) is 12.9. The first kappa shape index (κ1) is 17.5. The third kappa shape index (κ3) is 5.37. The van der Waals surface area contributed by atoms with E-state index in [0.29, 0.717) is 30.7 Å². The van der Waals surface area contributed by atoms with Crippen molar-refractivity contribution in [3.8, 4) is 0 Å². The van der Waals surface area contributed by atoms with Crippen LogP contribution in [0.3, 0.4) is 0 Å². The number of aliphatic carboxylic acids is 1. The Labute approximate surface area is 124 Å². The van der Waals surface area contributed by atoms with Crippen LogP contribution in [-0.4, -0.2) is 56.2 Å². The van der Waals surface area contributed by atoms with Crippen LogP contribution >= 0.6 is 0 Å². The fourth-order valence-electron chi connectivity index (χ4n) is 2.36. The number of rotatable bonds is 6. The first-order chi connectivity index (χ1) is 9.75. The van der Waals surface area contributed by atoms with Crippen LogP contribution in [0, 0.1) is 5.92 Å². The van der Waals surface area contributed by atoms with Crippen molar-refractivity contribution >= 4 is 5.97 Å². The van der Waals surface area contributed by atoms with Crippen molar-refractivity contribution in [3.63, 3.8) is 0 Å². The van der Waals surface area contributed by atoms with E-state index in [9.17, 15) is 10.0 Å². The fraction of sp³-hybridized carbons (Fsp3) is 0.923. The Bertz CT molecular complexity index is 372. The van der Waals surface area contributed by atoms with Gasteiger partial charge in [-0.3, -0.25) is 4.79 Å². The average Bonchev–Trinajstić information content (AvgIpc) is 2.41. The average molecular weight is 304 g/mol. The molecule has 1 saturated carbocycles. The van der Waals surface area contributed by atoms with Gasteiger partial charge in [-0.25, -0.2) is 5.21 Å². The highest BCUT2D eigenvalue weighted by Crippen LogP contribution is 2.26. The number of hydrazine groups is 1. The number of hydrogen-bond acceptors (Lipinski definition) is 4. The minimum Gasteiger partial charge on any atom is -0.481 e. The van der Waals surface area contributed by atoms with Crippen LogP contribution in [0.15, 0.2) is 5.28 Å². The highest BCUT2D eigenvalue weighted by atomic mass is 16.7. The maximum Gasteiger partial charge on any atom is 0.306 e. The van der Waals surface area contributed by atoms with Crippen molar-refractivity contribution in [2.45, 2.75) is 58.1 Å². The minimum atomic E-state index is -0.768. The third-order valence-electron chi connectivity index (χ3n) is 3.59. The lowest BCUT2D eigenvalue weighted by Gasteiger charge is -2.26. The number of hydrogen-bond donors (Lipinski definition) is 3. The minimum absolute atomic E-state index is 0.117. The summed E-state index contributed by atoms with van der Waals surface area (Å²) in [6, 6.07) is 0. The lowest BCUT2D eigenvalue weighted by molar-refractivity contribution is -0.949. The van der Waals surface area contributed by atoms with Gasteiger partial charge in [0.05, 0.1) is 18.1 Å². The third-order valence-corrected chi connectivity index (χ3v) is 3.59. The number of aliphatic hydroxyl groups is 1. The molecule has 0 unspecified atom stereocenters. The number of carbonyl (C=O) groups is 1. The second-order valence-corrected chi connectivity index (χ2v) is 6.28. The normalized spacial score (nSPS) is 23.7. The summed E-state index contributed by atoms with van der Waals surface area (Å²) in [6.07, 6.45) is 2.13. The van der Waals surface area contributed by atoms with Crippen LogP contribution in [0.4, 0.5) is 0 Å². The largest absolute Gasteiger partial charge is 0.481 e. The highest BCUT2D eigenvalue weighted by molar-refractivity contribution is 5.69. The molecule has 0 atom stereocenters. The van der Waals surface area contributed by atoms with Gasteiger partial charge in [-0.15, -0.1) is 5.01 Å². The first-order valence-electron chi connectivity index (χ1n) is 7.22. The SMILES string of the molecule is CC(C)(C)N(CCO)/[N+](O)=N/O[C@H]1CC[C@H](C(=O)O)CC1. The van der Waals surface area contributed by atoms with E-state index >= 15 is 0 Å².